The highest BCUT2D eigenvalue weighted by Crippen LogP contribution is 2.21. The SMILES string of the molecule is O=C(NCC(c1cccnc1)N1CCOCC1)c1ccc(-c2ccccc2)cc1. The van der Waals surface area contributed by atoms with Crippen LogP contribution in [0.5, 0.6) is 0 Å². The van der Waals surface area contributed by atoms with E-state index in [-0.39, 0.29) is 11.9 Å². The number of nitrogens with one attached hydrogen (secondary N) is 1. The van der Waals surface area contributed by atoms with Gasteiger partial charge in [-0.3, -0.25) is 14.7 Å². The second-order valence-corrected chi connectivity index (χ2v) is 7.10. The Hall–Kier alpha value is -3.02. The summed E-state index contributed by atoms with van der Waals surface area (Å²) in [4.78, 5) is 19.3. The zero-order valence-corrected chi connectivity index (χ0v) is 16.3. The fourth-order valence-corrected chi connectivity index (χ4v) is 3.66. The first-order valence-corrected chi connectivity index (χ1v) is 9.97. The van der Waals surface area contributed by atoms with Crippen molar-refractivity contribution < 1.29 is 9.53 Å². The van der Waals surface area contributed by atoms with Crippen molar-refractivity contribution in [2.75, 3.05) is 32.8 Å². The number of carbonyl (C=O) groups excluding carboxylic acids is 1. The molecule has 0 saturated carbocycles. The molecule has 5 nitrogen and oxygen atoms in total. The van der Waals surface area contributed by atoms with Gasteiger partial charge in [0.1, 0.15) is 0 Å². The van der Waals surface area contributed by atoms with Gasteiger partial charge in [0.2, 0.25) is 0 Å². The minimum Gasteiger partial charge on any atom is -0.379 e. The van der Waals surface area contributed by atoms with E-state index < -0.39 is 0 Å². The molecule has 1 amide bonds. The van der Waals surface area contributed by atoms with Crippen molar-refractivity contribution in [1.29, 1.82) is 0 Å². The van der Waals surface area contributed by atoms with Crippen LogP contribution in [0.25, 0.3) is 11.1 Å². The summed E-state index contributed by atoms with van der Waals surface area (Å²) in [5.41, 5.74) is 4.01. The lowest BCUT2D eigenvalue weighted by molar-refractivity contribution is 0.0161. The molecule has 29 heavy (non-hydrogen) atoms. The summed E-state index contributed by atoms with van der Waals surface area (Å²) in [6.07, 6.45) is 3.65. The molecule has 5 heteroatoms. The average molecular weight is 387 g/mol. The fraction of sp³-hybridized carbons (Fsp3) is 0.250. The van der Waals surface area contributed by atoms with Crippen molar-refractivity contribution in [3.63, 3.8) is 0 Å². The van der Waals surface area contributed by atoms with Gasteiger partial charge in [0.15, 0.2) is 0 Å². The molecule has 1 aliphatic rings. The van der Waals surface area contributed by atoms with Crippen LogP contribution in [0, 0.1) is 0 Å². The first-order valence-electron chi connectivity index (χ1n) is 9.97. The Morgan fingerprint density at radius 2 is 1.69 bits per heavy atom. The Bertz CT molecular complexity index is 908. The number of ether oxygens (including phenoxy) is 1. The van der Waals surface area contributed by atoms with Crippen LogP contribution in [0.4, 0.5) is 0 Å². The second kappa shape index (κ2) is 9.45. The van der Waals surface area contributed by atoms with Crippen molar-refractivity contribution in [3.8, 4) is 11.1 Å². The van der Waals surface area contributed by atoms with Gasteiger partial charge >= 0.3 is 0 Å². The van der Waals surface area contributed by atoms with Crippen LogP contribution in [0.3, 0.4) is 0 Å². The Balaban J connectivity index is 1.43. The second-order valence-electron chi connectivity index (χ2n) is 7.10. The molecule has 0 radical (unpaired) electrons. The number of rotatable bonds is 6. The summed E-state index contributed by atoms with van der Waals surface area (Å²) in [6.45, 7) is 3.66. The molecule has 1 aromatic heterocycles. The Kier molecular flexibility index (Phi) is 6.29. The molecule has 1 aliphatic heterocycles. The van der Waals surface area contributed by atoms with E-state index in [0.717, 1.165) is 29.8 Å². The van der Waals surface area contributed by atoms with Crippen LogP contribution >= 0.6 is 0 Å². The molecule has 0 aliphatic carbocycles. The van der Waals surface area contributed by atoms with Crippen LogP contribution in [-0.4, -0.2) is 48.6 Å². The maximum atomic E-state index is 12.7. The van der Waals surface area contributed by atoms with Crippen LogP contribution < -0.4 is 5.32 Å². The lowest BCUT2D eigenvalue weighted by atomic mass is 10.0. The number of benzene rings is 2. The third-order valence-corrected chi connectivity index (χ3v) is 5.27. The third kappa shape index (κ3) is 4.88. The van der Waals surface area contributed by atoms with Crippen molar-refractivity contribution in [1.82, 2.24) is 15.2 Å². The van der Waals surface area contributed by atoms with Crippen LogP contribution in [0.15, 0.2) is 79.1 Å². The van der Waals surface area contributed by atoms with E-state index in [1.54, 1.807) is 6.20 Å². The molecular weight excluding hydrogens is 362 g/mol. The van der Waals surface area contributed by atoms with Gasteiger partial charge < -0.3 is 10.1 Å². The van der Waals surface area contributed by atoms with Gasteiger partial charge in [-0.2, -0.15) is 0 Å². The highest BCUT2D eigenvalue weighted by atomic mass is 16.5. The van der Waals surface area contributed by atoms with E-state index in [2.05, 4.69) is 33.4 Å². The van der Waals surface area contributed by atoms with Crippen molar-refractivity contribution in [3.05, 3.63) is 90.3 Å². The smallest absolute Gasteiger partial charge is 0.251 e. The molecule has 148 valence electrons. The van der Waals surface area contributed by atoms with E-state index in [1.165, 1.54) is 0 Å². The number of morpholine rings is 1. The first-order chi connectivity index (χ1) is 14.3. The van der Waals surface area contributed by atoms with Gasteiger partial charge in [-0.05, 0) is 34.9 Å². The van der Waals surface area contributed by atoms with Gasteiger partial charge in [-0.1, -0.05) is 48.5 Å². The minimum atomic E-state index is -0.0632. The maximum absolute atomic E-state index is 12.7. The fourth-order valence-electron chi connectivity index (χ4n) is 3.66. The van der Waals surface area contributed by atoms with Crippen molar-refractivity contribution in [2.24, 2.45) is 0 Å². The van der Waals surface area contributed by atoms with Crippen molar-refractivity contribution >= 4 is 5.91 Å². The lowest BCUT2D eigenvalue weighted by Crippen LogP contribution is -2.43. The number of aromatic nitrogens is 1. The van der Waals surface area contributed by atoms with E-state index in [4.69, 9.17) is 4.74 Å². The summed E-state index contributed by atoms with van der Waals surface area (Å²) < 4.78 is 5.48. The molecule has 0 spiro atoms. The van der Waals surface area contributed by atoms with E-state index in [1.807, 2.05) is 54.7 Å². The first kappa shape index (κ1) is 19.3. The van der Waals surface area contributed by atoms with Crippen molar-refractivity contribution in [2.45, 2.75) is 6.04 Å². The quantitative estimate of drug-likeness (QED) is 0.703. The Morgan fingerprint density at radius 3 is 2.38 bits per heavy atom. The normalized spacial score (nSPS) is 15.6. The summed E-state index contributed by atoms with van der Waals surface area (Å²) in [7, 11) is 0. The molecule has 0 bridgehead atoms. The molecule has 2 aromatic carbocycles. The number of amides is 1. The lowest BCUT2D eigenvalue weighted by Gasteiger charge is -2.34. The Labute approximate surface area is 171 Å². The highest BCUT2D eigenvalue weighted by Gasteiger charge is 2.23. The van der Waals surface area contributed by atoms with Gasteiger partial charge in [-0.15, -0.1) is 0 Å². The molecule has 2 heterocycles. The summed E-state index contributed by atoms with van der Waals surface area (Å²) in [5.74, 6) is -0.0632. The van der Waals surface area contributed by atoms with Gasteiger partial charge in [0.25, 0.3) is 5.91 Å². The number of hydrogen-bond donors (Lipinski definition) is 1. The number of hydrogen-bond acceptors (Lipinski definition) is 4. The zero-order chi connectivity index (χ0) is 19.9. The summed E-state index contributed by atoms with van der Waals surface area (Å²) in [6, 6.07) is 22.0. The monoisotopic (exact) mass is 387 g/mol. The van der Waals surface area contributed by atoms with E-state index >= 15 is 0 Å². The summed E-state index contributed by atoms with van der Waals surface area (Å²) in [5, 5.41) is 3.10. The molecule has 1 N–H and O–H groups in total. The molecular formula is C24H25N3O2. The average Bonchev–Trinajstić information content (AvgIpc) is 2.81. The molecule has 1 unspecified atom stereocenters. The van der Waals surface area contributed by atoms with E-state index in [9.17, 15) is 4.79 Å². The summed E-state index contributed by atoms with van der Waals surface area (Å²) >= 11 is 0. The van der Waals surface area contributed by atoms with Crippen LogP contribution in [0.2, 0.25) is 0 Å². The minimum absolute atomic E-state index is 0.0632. The van der Waals surface area contributed by atoms with Gasteiger partial charge in [0.05, 0.1) is 19.3 Å². The largest absolute Gasteiger partial charge is 0.379 e. The maximum Gasteiger partial charge on any atom is 0.251 e. The standard InChI is InChI=1S/C24H25N3O2/c28-24(21-10-8-20(9-11-21)19-5-2-1-3-6-19)26-18-23(22-7-4-12-25-17-22)27-13-15-29-16-14-27/h1-12,17,23H,13-16,18H2,(H,26,28). The predicted octanol–water partition coefficient (Wildman–Crippen LogP) is 3.55. The number of nitrogens with zero attached hydrogens (tertiary/aromatic N) is 2. The van der Waals surface area contributed by atoms with Gasteiger partial charge in [0, 0.05) is 37.6 Å². The molecule has 1 fully saturated rings. The number of carbonyl (C=O) groups is 1. The topological polar surface area (TPSA) is 54.5 Å². The molecule has 1 atom stereocenters. The van der Waals surface area contributed by atoms with Gasteiger partial charge in [-0.25, -0.2) is 0 Å². The van der Waals surface area contributed by atoms with E-state index in [0.29, 0.717) is 25.3 Å². The zero-order valence-electron chi connectivity index (χ0n) is 16.3. The highest BCUT2D eigenvalue weighted by molar-refractivity contribution is 5.94. The molecule has 3 aromatic rings. The van der Waals surface area contributed by atoms with Crippen LogP contribution in [-0.2, 0) is 4.74 Å². The third-order valence-electron chi connectivity index (χ3n) is 5.27. The predicted molar refractivity (Wildman–Crippen MR) is 114 cm³/mol. The number of pyridine rings is 1. The molecule has 1 saturated heterocycles. The Morgan fingerprint density at radius 1 is 0.966 bits per heavy atom. The molecule has 4 rings (SSSR count). The van der Waals surface area contributed by atoms with Crippen LogP contribution in [0.1, 0.15) is 22.0 Å².